The topological polar surface area (TPSA) is 84.8 Å². The minimum Gasteiger partial charge on any atom is -0.435 e. The second-order valence-corrected chi connectivity index (χ2v) is 9.62. The molecule has 4 aromatic rings. The number of rotatable bonds is 8. The van der Waals surface area contributed by atoms with Crippen LogP contribution in [0.25, 0.3) is 11.3 Å². The minimum atomic E-state index is -0.535. The Morgan fingerprint density at radius 2 is 1.89 bits per heavy atom. The fraction of sp³-hybridized carbons (Fsp3) is 0.231. The zero-order valence-corrected chi connectivity index (χ0v) is 20.9. The number of ether oxygens (including phenoxy) is 1. The van der Waals surface area contributed by atoms with Gasteiger partial charge in [0.15, 0.2) is 11.6 Å². The summed E-state index contributed by atoms with van der Waals surface area (Å²) in [5, 5.41) is 4.04. The van der Waals surface area contributed by atoms with E-state index in [1.807, 2.05) is 18.2 Å². The highest BCUT2D eigenvalue weighted by Gasteiger charge is 2.17. The Hall–Kier alpha value is -3.43. The predicted molar refractivity (Wildman–Crippen MR) is 141 cm³/mol. The molecular weight excluding hydrogens is 499 g/mol. The smallest absolute Gasteiger partial charge is 0.231 e. The van der Waals surface area contributed by atoms with Crippen LogP contribution in [0.15, 0.2) is 72.1 Å². The molecule has 184 valence electrons. The van der Waals surface area contributed by atoms with E-state index < -0.39 is 5.82 Å². The van der Waals surface area contributed by atoms with E-state index in [4.69, 9.17) is 16.3 Å². The number of anilines is 2. The maximum absolute atomic E-state index is 14.9. The Labute approximate surface area is 218 Å². The summed E-state index contributed by atoms with van der Waals surface area (Å²) in [5.74, 6) is 0.258. The van der Waals surface area contributed by atoms with Crippen molar-refractivity contribution in [3.8, 4) is 22.9 Å². The van der Waals surface area contributed by atoms with Crippen LogP contribution in [0.1, 0.15) is 32.1 Å². The molecule has 5 rings (SSSR count). The van der Waals surface area contributed by atoms with Crippen LogP contribution in [0.5, 0.6) is 11.6 Å². The maximum Gasteiger partial charge on any atom is 0.231 e. The van der Waals surface area contributed by atoms with Gasteiger partial charge in [0.1, 0.15) is 6.33 Å². The quantitative estimate of drug-likeness (QED) is 0.232. The van der Waals surface area contributed by atoms with E-state index in [1.165, 1.54) is 43.6 Å². The van der Waals surface area contributed by atoms with Gasteiger partial charge in [-0.1, -0.05) is 43.0 Å². The van der Waals surface area contributed by atoms with Gasteiger partial charge in [0.25, 0.3) is 0 Å². The number of hydrogen-bond donors (Lipinski definition) is 2. The number of aromatic nitrogens is 4. The number of nitrogens with one attached hydrogen (secondary N) is 2. The Balaban J connectivity index is 1.31. The molecule has 10 heteroatoms. The molecule has 0 saturated heterocycles. The summed E-state index contributed by atoms with van der Waals surface area (Å²) in [7, 11) is 0. The molecule has 2 heterocycles. The van der Waals surface area contributed by atoms with E-state index in [0.717, 1.165) is 17.7 Å². The standard InChI is InChI=1S/C26H24ClFN6OS/c27-20-8-4-5-9-24(20)36-34-18-10-11-23(21(28)14-18)35-25-19(15-29-16-31-25)22-12-13-30-26(33-22)32-17-6-2-1-3-7-17/h4-5,8-17,34H,1-3,6-7H2,(H,30,32,33). The van der Waals surface area contributed by atoms with Crippen molar-refractivity contribution in [1.29, 1.82) is 0 Å². The Morgan fingerprint density at radius 3 is 2.72 bits per heavy atom. The molecule has 0 spiro atoms. The average molecular weight is 523 g/mol. The normalized spacial score (nSPS) is 13.8. The summed E-state index contributed by atoms with van der Waals surface area (Å²) in [6.07, 6.45) is 10.5. The fourth-order valence-corrected chi connectivity index (χ4v) is 4.89. The van der Waals surface area contributed by atoms with Crippen LogP contribution in [0.4, 0.5) is 16.0 Å². The van der Waals surface area contributed by atoms with Gasteiger partial charge in [0.2, 0.25) is 11.8 Å². The molecule has 1 aliphatic carbocycles. The summed E-state index contributed by atoms with van der Waals surface area (Å²) in [4.78, 5) is 18.2. The Morgan fingerprint density at radius 1 is 1.03 bits per heavy atom. The molecule has 0 unspecified atom stereocenters. The fourth-order valence-electron chi connectivity index (χ4n) is 3.98. The molecule has 1 fully saturated rings. The van der Waals surface area contributed by atoms with Gasteiger partial charge in [0.05, 0.1) is 16.3 Å². The zero-order chi connectivity index (χ0) is 24.7. The third-order valence-corrected chi connectivity index (χ3v) is 7.15. The molecule has 2 N–H and O–H groups in total. The second-order valence-electron chi connectivity index (χ2n) is 8.37. The molecule has 0 atom stereocenters. The number of halogens is 2. The van der Waals surface area contributed by atoms with Crippen molar-refractivity contribution < 1.29 is 9.13 Å². The van der Waals surface area contributed by atoms with Gasteiger partial charge >= 0.3 is 0 Å². The van der Waals surface area contributed by atoms with E-state index in [0.29, 0.717) is 34.0 Å². The summed E-state index contributed by atoms with van der Waals surface area (Å²) >= 11 is 7.48. The van der Waals surface area contributed by atoms with Crippen molar-refractivity contribution in [2.45, 2.75) is 43.0 Å². The highest BCUT2D eigenvalue weighted by atomic mass is 35.5. The van der Waals surface area contributed by atoms with Gasteiger partial charge in [-0.3, -0.25) is 0 Å². The van der Waals surface area contributed by atoms with Crippen LogP contribution in [0.3, 0.4) is 0 Å². The SMILES string of the molecule is Fc1cc(NSc2ccccc2Cl)ccc1Oc1ncncc1-c1ccnc(NC2CCCCC2)n1. The maximum atomic E-state index is 14.9. The van der Waals surface area contributed by atoms with Gasteiger partial charge in [-0.25, -0.2) is 24.3 Å². The molecule has 0 aliphatic heterocycles. The molecule has 2 aromatic carbocycles. The van der Waals surface area contributed by atoms with Crippen molar-refractivity contribution in [1.82, 2.24) is 19.9 Å². The van der Waals surface area contributed by atoms with Crippen LogP contribution in [0, 0.1) is 5.82 Å². The van der Waals surface area contributed by atoms with Gasteiger partial charge in [-0.05, 0) is 55.1 Å². The van der Waals surface area contributed by atoms with Gasteiger partial charge in [-0.15, -0.1) is 0 Å². The summed E-state index contributed by atoms with van der Waals surface area (Å²) in [6, 6.07) is 14.2. The van der Waals surface area contributed by atoms with E-state index >= 15 is 0 Å². The Kier molecular flexibility index (Phi) is 7.78. The van der Waals surface area contributed by atoms with Crippen LogP contribution in [-0.2, 0) is 0 Å². The molecule has 7 nitrogen and oxygen atoms in total. The number of benzene rings is 2. The second kappa shape index (κ2) is 11.5. The summed E-state index contributed by atoms with van der Waals surface area (Å²) in [5.41, 5.74) is 1.71. The van der Waals surface area contributed by atoms with E-state index in [1.54, 1.807) is 36.7 Å². The van der Waals surface area contributed by atoms with Crippen LogP contribution >= 0.6 is 23.5 Å². The zero-order valence-electron chi connectivity index (χ0n) is 19.3. The van der Waals surface area contributed by atoms with E-state index in [2.05, 4.69) is 30.0 Å². The van der Waals surface area contributed by atoms with Crippen molar-refractivity contribution in [2.24, 2.45) is 0 Å². The monoisotopic (exact) mass is 522 g/mol. The lowest BCUT2D eigenvalue weighted by Crippen LogP contribution is -2.23. The molecule has 0 radical (unpaired) electrons. The van der Waals surface area contributed by atoms with Crippen molar-refractivity contribution in [3.63, 3.8) is 0 Å². The van der Waals surface area contributed by atoms with Gasteiger partial charge in [-0.2, -0.15) is 0 Å². The van der Waals surface area contributed by atoms with Crippen molar-refractivity contribution >= 4 is 35.2 Å². The van der Waals surface area contributed by atoms with E-state index in [-0.39, 0.29) is 11.6 Å². The highest BCUT2D eigenvalue weighted by Crippen LogP contribution is 2.34. The largest absolute Gasteiger partial charge is 0.435 e. The highest BCUT2D eigenvalue weighted by molar-refractivity contribution is 8.00. The molecule has 1 saturated carbocycles. The minimum absolute atomic E-state index is 0.0397. The van der Waals surface area contributed by atoms with E-state index in [9.17, 15) is 4.39 Å². The third kappa shape index (κ3) is 6.03. The molecule has 0 bridgehead atoms. The molecule has 1 aliphatic rings. The number of hydrogen-bond acceptors (Lipinski definition) is 8. The first kappa shape index (κ1) is 24.3. The third-order valence-electron chi connectivity index (χ3n) is 5.80. The predicted octanol–water partition coefficient (Wildman–Crippen LogP) is 7.38. The molecule has 2 aromatic heterocycles. The van der Waals surface area contributed by atoms with Crippen LogP contribution < -0.4 is 14.8 Å². The summed E-state index contributed by atoms with van der Waals surface area (Å²) < 4.78 is 23.9. The first-order chi connectivity index (χ1) is 17.7. The van der Waals surface area contributed by atoms with Crippen LogP contribution in [-0.4, -0.2) is 26.0 Å². The molecule has 36 heavy (non-hydrogen) atoms. The van der Waals surface area contributed by atoms with Gasteiger partial charge < -0.3 is 14.8 Å². The first-order valence-corrected chi connectivity index (χ1v) is 12.9. The lowest BCUT2D eigenvalue weighted by Gasteiger charge is -2.22. The molecular formula is C26H24ClFN6OS. The average Bonchev–Trinajstić information content (AvgIpc) is 2.91. The molecule has 0 amide bonds. The van der Waals surface area contributed by atoms with Crippen LogP contribution in [0.2, 0.25) is 5.02 Å². The lowest BCUT2D eigenvalue weighted by molar-refractivity contribution is 0.428. The number of nitrogens with zero attached hydrogens (tertiary/aromatic N) is 4. The first-order valence-electron chi connectivity index (χ1n) is 11.7. The van der Waals surface area contributed by atoms with Crippen molar-refractivity contribution in [3.05, 3.63) is 78.1 Å². The lowest BCUT2D eigenvalue weighted by atomic mass is 9.96. The Bertz CT molecular complexity index is 1340. The summed E-state index contributed by atoms with van der Waals surface area (Å²) in [6.45, 7) is 0. The van der Waals surface area contributed by atoms with Crippen molar-refractivity contribution in [2.75, 3.05) is 10.0 Å². The van der Waals surface area contributed by atoms with Gasteiger partial charge in [0, 0.05) is 35.1 Å².